The van der Waals surface area contributed by atoms with Gasteiger partial charge in [-0.05, 0) is 36.8 Å². The molecular formula is C22H20N2O4S. The first-order chi connectivity index (χ1) is 14.1. The standard InChI is InChI=1S/C22H20N2O4S/c1-13-4-6-16-14(11-28-20(16)8-13)9-21(25)24-22-23-18(12-29-22)17-10-15(26-2)5-7-19(17)27-3/h4-8,10-12H,9H2,1-3H3,(H,23,24,25). The van der Waals surface area contributed by atoms with Crippen LogP contribution in [-0.2, 0) is 11.2 Å². The van der Waals surface area contributed by atoms with E-state index in [0.29, 0.717) is 22.3 Å². The summed E-state index contributed by atoms with van der Waals surface area (Å²) in [5.74, 6) is 1.25. The molecule has 0 spiro atoms. The Morgan fingerprint density at radius 2 is 2.03 bits per heavy atom. The van der Waals surface area contributed by atoms with Gasteiger partial charge in [0.1, 0.15) is 17.1 Å². The second-order valence-electron chi connectivity index (χ2n) is 6.59. The quantitative estimate of drug-likeness (QED) is 0.483. The number of benzene rings is 2. The minimum absolute atomic E-state index is 0.146. The van der Waals surface area contributed by atoms with Gasteiger partial charge in [-0.15, -0.1) is 11.3 Å². The van der Waals surface area contributed by atoms with Gasteiger partial charge in [-0.25, -0.2) is 4.98 Å². The summed E-state index contributed by atoms with van der Waals surface area (Å²) < 4.78 is 16.3. The number of ether oxygens (including phenoxy) is 2. The second kappa shape index (κ2) is 7.97. The van der Waals surface area contributed by atoms with Gasteiger partial charge in [-0.1, -0.05) is 12.1 Å². The minimum atomic E-state index is -0.146. The van der Waals surface area contributed by atoms with Gasteiger partial charge in [0.2, 0.25) is 5.91 Å². The molecule has 6 nitrogen and oxygen atoms in total. The number of methoxy groups -OCH3 is 2. The Hall–Kier alpha value is -3.32. The van der Waals surface area contributed by atoms with E-state index in [4.69, 9.17) is 13.9 Å². The summed E-state index contributed by atoms with van der Waals surface area (Å²) in [7, 11) is 3.22. The third-order valence-corrected chi connectivity index (χ3v) is 5.35. The highest BCUT2D eigenvalue weighted by molar-refractivity contribution is 7.14. The van der Waals surface area contributed by atoms with Crippen LogP contribution < -0.4 is 14.8 Å². The van der Waals surface area contributed by atoms with Crippen LogP contribution in [0.3, 0.4) is 0 Å². The van der Waals surface area contributed by atoms with Gasteiger partial charge < -0.3 is 19.2 Å². The van der Waals surface area contributed by atoms with Crippen molar-refractivity contribution < 1.29 is 18.7 Å². The highest BCUT2D eigenvalue weighted by Crippen LogP contribution is 2.35. The van der Waals surface area contributed by atoms with Crippen LogP contribution in [0.25, 0.3) is 22.2 Å². The summed E-state index contributed by atoms with van der Waals surface area (Å²) in [4.78, 5) is 17.1. The van der Waals surface area contributed by atoms with Crippen molar-refractivity contribution in [3.05, 3.63) is 59.2 Å². The number of fused-ring (bicyclic) bond motifs is 1. The van der Waals surface area contributed by atoms with Crippen LogP contribution in [0.2, 0.25) is 0 Å². The number of hydrogen-bond donors (Lipinski definition) is 1. The summed E-state index contributed by atoms with van der Waals surface area (Å²) in [5, 5.41) is 6.22. The van der Waals surface area contributed by atoms with Crippen LogP contribution in [0.1, 0.15) is 11.1 Å². The van der Waals surface area contributed by atoms with E-state index in [-0.39, 0.29) is 12.3 Å². The average Bonchev–Trinajstić information content (AvgIpc) is 3.34. The normalized spacial score (nSPS) is 10.9. The lowest BCUT2D eigenvalue weighted by Gasteiger charge is -2.08. The molecule has 0 atom stereocenters. The van der Waals surface area contributed by atoms with Crippen molar-refractivity contribution in [2.75, 3.05) is 19.5 Å². The van der Waals surface area contributed by atoms with Crippen LogP contribution in [0, 0.1) is 6.92 Å². The van der Waals surface area contributed by atoms with E-state index in [1.807, 2.05) is 48.7 Å². The molecule has 0 aliphatic carbocycles. The first-order valence-electron chi connectivity index (χ1n) is 9.02. The lowest BCUT2D eigenvalue weighted by molar-refractivity contribution is -0.115. The van der Waals surface area contributed by atoms with Gasteiger partial charge in [0, 0.05) is 21.9 Å². The Labute approximate surface area is 172 Å². The van der Waals surface area contributed by atoms with E-state index in [9.17, 15) is 4.79 Å². The van der Waals surface area contributed by atoms with Gasteiger partial charge >= 0.3 is 0 Å². The van der Waals surface area contributed by atoms with E-state index in [1.165, 1.54) is 11.3 Å². The zero-order chi connectivity index (χ0) is 20.4. The molecule has 1 N–H and O–H groups in total. The van der Waals surface area contributed by atoms with E-state index in [0.717, 1.165) is 27.7 Å². The molecule has 0 radical (unpaired) electrons. The predicted molar refractivity (Wildman–Crippen MR) is 114 cm³/mol. The predicted octanol–water partition coefficient (Wildman–Crippen LogP) is 5.06. The van der Waals surface area contributed by atoms with Crippen molar-refractivity contribution in [3.8, 4) is 22.8 Å². The number of nitrogens with one attached hydrogen (secondary N) is 1. The molecule has 0 unspecified atom stereocenters. The van der Waals surface area contributed by atoms with Crippen molar-refractivity contribution >= 4 is 33.3 Å². The maximum absolute atomic E-state index is 12.5. The molecule has 1 amide bonds. The fraction of sp³-hybridized carbons (Fsp3) is 0.182. The number of aryl methyl sites for hydroxylation is 1. The smallest absolute Gasteiger partial charge is 0.230 e. The molecular weight excluding hydrogens is 388 g/mol. The zero-order valence-electron chi connectivity index (χ0n) is 16.3. The number of furan rings is 1. The fourth-order valence-electron chi connectivity index (χ4n) is 3.13. The van der Waals surface area contributed by atoms with E-state index >= 15 is 0 Å². The number of carbonyl (C=O) groups excluding carboxylic acids is 1. The van der Waals surface area contributed by atoms with Crippen molar-refractivity contribution in [1.29, 1.82) is 0 Å². The van der Waals surface area contributed by atoms with Crippen molar-refractivity contribution in [2.24, 2.45) is 0 Å². The summed E-state index contributed by atoms with van der Waals surface area (Å²) in [6.07, 6.45) is 1.85. The first-order valence-corrected chi connectivity index (χ1v) is 9.90. The molecule has 29 heavy (non-hydrogen) atoms. The van der Waals surface area contributed by atoms with Crippen molar-refractivity contribution in [1.82, 2.24) is 4.98 Å². The van der Waals surface area contributed by atoms with E-state index in [2.05, 4.69) is 10.3 Å². The summed E-state index contributed by atoms with van der Waals surface area (Å²) in [6.45, 7) is 2.01. The van der Waals surface area contributed by atoms with Crippen molar-refractivity contribution in [2.45, 2.75) is 13.3 Å². The highest BCUT2D eigenvalue weighted by atomic mass is 32.1. The summed E-state index contributed by atoms with van der Waals surface area (Å²) >= 11 is 1.36. The highest BCUT2D eigenvalue weighted by Gasteiger charge is 2.15. The number of rotatable bonds is 6. The number of carbonyl (C=O) groups is 1. The summed E-state index contributed by atoms with van der Waals surface area (Å²) in [5.41, 5.74) is 4.27. The second-order valence-corrected chi connectivity index (χ2v) is 7.45. The fourth-order valence-corrected chi connectivity index (χ4v) is 3.86. The molecule has 0 aliphatic heterocycles. The zero-order valence-corrected chi connectivity index (χ0v) is 17.1. The average molecular weight is 408 g/mol. The maximum Gasteiger partial charge on any atom is 0.230 e. The molecule has 4 aromatic rings. The SMILES string of the molecule is COc1ccc(OC)c(-c2csc(NC(=O)Cc3coc4cc(C)ccc34)n2)c1. The molecule has 2 aromatic heterocycles. The molecule has 0 bridgehead atoms. The monoisotopic (exact) mass is 408 g/mol. The van der Waals surface area contributed by atoms with E-state index < -0.39 is 0 Å². The molecule has 2 aromatic carbocycles. The number of amides is 1. The topological polar surface area (TPSA) is 73.6 Å². The number of aromatic nitrogens is 1. The Morgan fingerprint density at radius 3 is 2.83 bits per heavy atom. The molecule has 0 saturated carbocycles. The Morgan fingerprint density at radius 1 is 1.17 bits per heavy atom. The molecule has 0 aliphatic rings. The lowest BCUT2D eigenvalue weighted by atomic mass is 10.1. The van der Waals surface area contributed by atoms with Crippen LogP contribution in [0.4, 0.5) is 5.13 Å². The number of thiazole rings is 1. The van der Waals surface area contributed by atoms with Crippen LogP contribution in [0.15, 0.2) is 52.5 Å². The number of nitrogens with zero attached hydrogens (tertiary/aromatic N) is 1. The third kappa shape index (κ3) is 3.95. The molecule has 0 saturated heterocycles. The van der Waals surface area contributed by atoms with Crippen molar-refractivity contribution in [3.63, 3.8) is 0 Å². The first kappa shape index (κ1) is 19.0. The molecule has 7 heteroatoms. The van der Waals surface area contributed by atoms with Crippen LogP contribution >= 0.6 is 11.3 Å². The van der Waals surface area contributed by atoms with Gasteiger partial charge in [-0.2, -0.15) is 0 Å². The van der Waals surface area contributed by atoms with Crippen LogP contribution in [-0.4, -0.2) is 25.1 Å². The Bertz CT molecular complexity index is 1180. The molecule has 148 valence electrons. The minimum Gasteiger partial charge on any atom is -0.497 e. The molecule has 2 heterocycles. The van der Waals surface area contributed by atoms with Gasteiger partial charge in [0.15, 0.2) is 5.13 Å². The third-order valence-electron chi connectivity index (χ3n) is 4.60. The largest absolute Gasteiger partial charge is 0.497 e. The molecule has 0 fully saturated rings. The van der Waals surface area contributed by atoms with Crippen LogP contribution in [0.5, 0.6) is 11.5 Å². The van der Waals surface area contributed by atoms with E-state index in [1.54, 1.807) is 20.5 Å². The van der Waals surface area contributed by atoms with Gasteiger partial charge in [-0.3, -0.25) is 4.79 Å². The summed E-state index contributed by atoms with van der Waals surface area (Å²) in [6, 6.07) is 11.5. The Balaban J connectivity index is 1.51. The number of anilines is 1. The van der Waals surface area contributed by atoms with Gasteiger partial charge in [0.05, 0.1) is 32.6 Å². The number of hydrogen-bond acceptors (Lipinski definition) is 6. The maximum atomic E-state index is 12.5. The Kier molecular flexibility index (Phi) is 5.22. The molecule has 4 rings (SSSR count). The van der Waals surface area contributed by atoms with Gasteiger partial charge in [0.25, 0.3) is 0 Å². The lowest BCUT2D eigenvalue weighted by Crippen LogP contribution is -2.14.